The van der Waals surface area contributed by atoms with Crippen molar-refractivity contribution < 1.29 is 23.7 Å². The molecule has 6 nitrogen and oxygen atoms in total. The number of halogens is 1. The van der Waals surface area contributed by atoms with Gasteiger partial charge < -0.3 is 18.9 Å². The number of hydrogen-bond donors (Lipinski definition) is 0. The van der Waals surface area contributed by atoms with Gasteiger partial charge in [0.25, 0.3) is 0 Å². The standard InChI is InChI=1S/C19H16ClNO5/c1-23-12-5-7-17(25-3)11(8-12)9-16-19(22)26-18(21-16)14-6-4-13(24-2)10-15(14)20/h4-10H,1-3H3. The number of cyclic esters (lactones) is 1. The predicted octanol–water partition coefficient (Wildman–Crippen LogP) is 3.71. The summed E-state index contributed by atoms with van der Waals surface area (Å²) in [4.78, 5) is 16.5. The van der Waals surface area contributed by atoms with Crippen molar-refractivity contribution in [3.63, 3.8) is 0 Å². The number of esters is 1. The van der Waals surface area contributed by atoms with Crippen molar-refractivity contribution >= 4 is 29.5 Å². The molecule has 0 amide bonds. The van der Waals surface area contributed by atoms with Crippen LogP contribution in [0.15, 0.2) is 47.1 Å². The zero-order valence-electron chi connectivity index (χ0n) is 14.4. The molecular formula is C19H16ClNO5. The third-order valence-corrected chi connectivity index (χ3v) is 4.07. The van der Waals surface area contributed by atoms with E-state index in [2.05, 4.69) is 4.99 Å². The van der Waals surface area contributed by atoms with E-state index in [1.54, 1.807) is 63.8 Å². The molecule has 1 heterocycles. The van der Waals surface area contributed by atoms with E-state index >= 15 is 0 Å². The van der Waals surface area contributed by atoms with E-state index in [9.17, 15) is 4.79 Å². The fourth-order valence-electron chi connectivity index (χ4n) is 2.42. The summed E-state index contributed by atoms with van der Waals surface area (Å²) in [5.41, 5.74) is 1.28. The Labute approximate surface area is 155 Å². The van der Waals surface area contributed by atoms with Gasteiger partial charge in [0.05, 0.1) is 31.9 Å². The maximum Gasteiger partial charge on any atom is 0.363 e. The number of ether oxygens (including phenoxy) is 4. The van der Waals surface area contributed by atoms with Gasteiger partial charge in [0, 0.05) is 5.56 Å². The third kappa shape index (κ3) is 3.50. The zero-order valence-corrected chi connectivity index (χ0v) is 15.2. The second-order valence-electron chi connectivity index (χ2n) is 5.29. The summed E-state index contributed by atoms with van der Waals surface area (Å²) in [7, 11) is 4.65. The first-order valence-corrected chi connectivity index (χ1v) is 8.02. The van der Waals surface area contributed by atoms with Gasteiger partial charge in [0.2, 0.25) is 5.90 Å². The number of nitrogens with zero attached hydrogens (tertiary/aromatic N) is 1. The number of hydrogen-bond acceptors (Lipinski definition) is 6. The molecule has 0 aromatic heterocycles. The van der Waals surface area contributed by atoms with Gasteiger partial charge in [-0.15, -0.1) is 0 Å². The summed E-state index contributed by atoms with van der Waals surface area (Å²) in [6.07, 6.45) is 1.58. The average Bonchev–Trinajstić information content (AvgIpc) is 3.01. The van der Waals surface area contributed by atoms with Gasteiger partial charge in [-0.05, 0) is 42.5 Å². The molecule has 0 radical (unpaired) electrons. The second kappa shape index (κ2) is 7.49. The smallest absolute Gasteiger partial charge is 0.363 e. The molecule has 0 unspecified atom stereocenters. The van der Waals surface area contributed by atoms with E-state index in [0.717, 1.165) is 0 Å². The molecule has 0 saturated carbocycles. The van der Waals surface area contributed by atoms with E-state index in [-0.39, 0.29) is 11.6 Å². The van der Waals surface area contributed by atoms with Crippen molar-refractivity contribution in [2.45, 2.75) is 0 Å². The number of carbonyl (C=O) groups is 1. The van der Waals surface area contributed by atoms with E-state index < -0.39 is 5.97 Å². The van der Waals surface area contributed by atoms with Crippen LogP contribution in [-0.4, -0.2) is 33.2 Å². The summed E-state index contributed by atoms with van der Waals surface area (Å²) < 4.78 is 20.9. The highest BCUT2D eigenvalue weighted by molar-refractivity contribution is 6.34. The minimum atomic E-state index is -0.572. The predicted molar refractivity (Wildman–Crippen MR) is 98.2 cm³/mol. The van der Waals surface area contributed by atoms with Gasteiger partial charge in [-0.3, -0.25) is 0 Å². The van der Waals surface area contributed by atoms with Gasteiger partial charge in [-0.2, -0.15) is 0 Å². The molecule has 1 aliphatic rings. The molecular weight excluding hydrogens is 358 g/mol. The van der Waals surface area contributed by atoms with Crippen LogP contribution in [-0.2, 0) is 9.53 Å². The molecule has 0 fully saturated rings. The van der Waals surface area contributed by atoms with E-state index in [0.29, 0.717) is 33.4 Å². The SMILES string of the molecule is COc1ccc(C2=NC(=Cc3cc(OC)ccc3OC)C(=O)O2)c(Cl)c1. The number of benzene rings is 2. The van der Waals surface area contributed by atoms with Gasteiger partial charge in [-0.25, -0.2) is 9.79 Å². The fraction of sp³-hybridized carbons (Fsp3) is 0.158. The maximum atomic E-state index is 12.2. The average molecular weight is 374 g/mol. The Kier molecular flexibility index (Phi) is 5.14. The van der Waals surface area contributed by atoms with Crippen LogP contribution in [0.25, 0.3) is 6.08 Å². The molecule has 134 valence electrons. The lowest BCUT2D eigenvalue weighted by Crippen LogP contribution is -2.06. The maximum absolute atomic E-state index is 12.2. The van der Waals surface area contributed by atoms with Gasteiger partial charge >= 0.3 is 5.97 Å². The number of methoxy groups -OCH3 is 3. The van der Waals surface area contributed by atoms with Crippen molar-refractivity contribution in [1.29, 1.82) is 0 Å². The van der Waals surface area contributed by atoms with Crippen molar-refractivity contribution in [2.75, 3.05) is 21.3 Å². The van der Waals surface area contributed by atoms with Crippen molar-refractivity contribution in [2.24, 2.45) is 4.99 Å². The lowest BCUT2D eigenvalue weighted by molar-refractivity contribution is -0.129. The lowest BCUT2D eigenvalue weighted by Gasteiger charge is -2.07. The number of carbonyl (C=O) groups excluding carboxylic acids is 1. The van der Waals surface area contributed by atoms with Crippen LogP contribution < -0.4 is 14.2 Å². The summed E-state index contributed by atoms with van der Waals surface area (Å²) in [5.74, 6) is 1.37. The Morgan fingerprint density at radius 3 is 2.35 bits per heavy atom. The van der Waals surface area contributed by atoms with Crippen LogP contribution in [0.2, 0.25) is 5.02 Å². The fourth-order valence-corrected chi connectivity index (χ4v) is 2.67. The van der Waals surface area contributed by atoms with Gasteiger partial charge in [0.15, 0.2) is 5.70 Å². The normalized spacial score (nSPS) is 14.8. The zero-order chi connectivity index (χ0) is 18.7. The Balaban J connectivity index is 1.99. The van der Waals surface area contributed by atoms with Crippen molar-refractivity contribution in [3.8, 4) is 17.2 Å². The Morgan fingerprint density at radius 2 is 1.69 bits per heavy atom. The first kappa shape index (κ1) is 17.8. The Bertz CT molecular complexity index is 920. The van der Waals surface area contributed by atoms with Crippen molar-refractivity contribution in [1.82, 2.24) is 0 Å². The van der Waals surface area contributed by atoms with Crippen LogP contribution in [0.5, 0.6) is 17.2 Å². The molecule has 7 heteroatoms. The molecule has 0 atom stereocenters. The lowest BCUT2D eigenvalue weighted by atomic mass is 10.1. The molecule has 2 aromatic rings. The summed E-state index contributed by atoms with van der Waals surface area (Å²) >= 11 is 6.22. The molecule has 1 aliphatic heterocycles. The highest BCUT2D eigenvalue weighted by atomic mass is 35.5. The Hall–Kier alpha value is -2.99. The summed E-state index contributed by atoms with van der Waals surface area (Å²) in [6, 6.07) is 10.3. The highest BCUT2D eigenvalue weighted by Gasteiger charge is 2.26. The topological polar surface area (TPSA) is 66.3 Å². The van der Waals surface area contributed by atoms with Crippen LogP contribution in [0, 0.1) is 0 Å². The highest BCUT2D eigenvalue weighted by Crippen LogP contribution is 2.30. The molecule has 2 aromatic carbocycles. The molecule has 0 aliphatic carbocycles. The van der Waals surface area contributed by atoms with Gasteiger partial charge in [-0.1, -0.05) is 11.6 Å². The first-order chi connectivity index (χ1) is 12.5. The summed E-state index contributed by atoms with van der Waals surface area (Å²) in [6.45, 7) is 0. The monoisotopic (exact) mass is 373 g/mol. The van der Waals surface area contributed by atoms with E-state index in [1.807, 2.05) is 0 Å². The number of aliphatic imine (C=N–C) groups is 1. The quantitative estimate of drug-likeness (QED) is 0.590. The third-order valence-electron chi connectivity index (χ3n) is 3.76. The first-order valence-electron chi connectivity index (χ1n) is 7.64. The molecule has 3 rings (SSSR count). The second-order valence-corrected chi connectivity index (χ2v) is 5.70. The molecule has 0 saturated heterocycles. The molecule has 26 heavy (non-hydrogen) atoms. The van der Waals surface area contributed by atoms with Crippen LogP contribution >= 0.6 is 11.6 Å². The molecule has 0 spiro atoms. The molecule has 0 bridgehead atoms. The van der Waals surface area contributed by atoms with Crippen LogP contribution in [0.4, 0.5) is 0 Å². The minimum Gasteiger partial charge on any atom is -0.497 e. The largest absolute Gasteiger partial charge is 0.497 e. The van der Waals surface area contributed by atoms with Crippen molar-refractivity contribution in [3.05, 3.63) is 58.2 Å². The Morgan fingerprint density at radius 1 is 1.00 bits per heavy atom. The minimum absolute atomic E-state index is 0.135. The van der Waals surface area contributed by atoms with Gasteiger partial charge in [0.1, 0.15) is 17.2 Å². The summed E-state index contributed by atoms with van der Waals surface area (Å²) in [5, 5.41) is 0.371. The number of rotatable bonds is 5. The van der Waals surface area contributed by atoms with Crippen LogP contribution in [0.1, 0.15) is 11.1 Å². The molecule has 0 N–H and O–H groups in total. The van der Waals surface area contributed by atoms with E-state index in [1.165, 1.54) is 0 Å². The van der Waals surface area contributed by atoms with Crippen LogP contribution in [0.3, 0.4) is 0 Å². The van der Waals surface area contributed by atoms with E-state index in [4.69, 9.17) is 30.5 Å².